The second-order valence-electron chi connectivity index (χ2n) is 5.48. The summed E-state index contributed by atoms with van der Waals surface area (Å²) in [5.74, 6) is 1.18. The Hall–Kier alpha value is -1.36. The molecule has 1 saturated heterocycles. The van der Waals surface area contributed by atoms with E-state index in [1.807, 2.05) is 20.8 Å². The highest BCUT2D eigenvalue weighted by molar-refractivity contribution is 5.76. The van der Waals surface area contributed by atoms with Crippen LogP contribution in [0.1, 0.15) is 36.8 Å². The van der Waals surface area contributed by atoms with E-state index in [1.165, 1.54) is 0 Å². The number of rotatable bonds is 3. The van der Waals surface area contributed by atoms with Crippen LogP contribution in [0, 0.1) is 19.8 Å². The lowest BCUT2D eigenvalue weighted by Crippen LogP contribution is -2.45. The molecule has 0 aromatic carbocycles. The maximum atomic E-state index is 12.1. The molecular formula is C14H22N2O3. The number of aryl methyl sites for hydroxylation is 2. The molecule has 1 aliphatic rings. The highest BCUT2D eigenvalue weighted by Gasteiger charge is 2.27. The first-order valence-electron chi connectivity index (χ1n) is 6.86. The second-order valence-corrected chi connectivity index (χ2v) is 5.48. The summed E-state index contributed by atoms with van der Waals surface area (Å²) in [7, 11) is 0. The number of hydrogen-bond donors (Lipinski definition) is 1. The number of aromatic nitrogens is 1. The Labute approximate surface area is 113 Å². The molecule has 1 aliphatic heterocycles. The average Bonchev–Trinajstić information content (AvgIpc) is 2.69. The van der Waals surface area contributed by atoms with Gasteiger partial charge in [0.05, 0.1) is 11.8 Å². The fourth-order valence-corrected chi connectivity index (χ4v) is 2.52. The van der Waals surface area contributed by atoms with Gasteiger partial charge in [-0.2, -0.15) is 0 Å². The van der Waals surface area contributed by atoms with Crippen LogP contribution in [0.5, 0.6) is 0 Å². The topological polar surface area (TPSA) is 66.6 Å². The lowest BCUT2D eigenvalue weighted by Gasteiger charge is -2.34. The standard InChI is InChI=1S/C14H22N2O3/c1-9-6-7-16(8-13(9)17)14(18)5-4-12-10(2)15-19-11(12)3/h9,13,17H,4-8H2,1-3H3. The molecule has 2 atom stereocenters. The normalized spacial score (nSPS) is 23.7. The summed E-state index contributed by atoms with van der Waals surface area (Å²) in [4.78, 5) is 13.9. The summed E-state index contributed by atoms with van der Waals surface area (Å²) in [5, 5.41) is 13.7. The van der Waals surface area contributed by atoms with Gasteiger partial charge in [-0.05, 0) is 32.6 Å². The molecule has 2 rings (SSSR count). The smallest absolute Gasteiger partial charge is 0.222 e. The van der Waals surface area contributed by atoms with E-state index >= 15 is 0 Å². The summed E-state index contributed by atoms with van der Waals surface area (Å²) in [5.41, 5.74) is 1.89. The Morgan fingerprint density at radius 1 is 1.53 bits per heavy atom. The molecule has 1 aromatic heterocycles. The SMILES string of the molecule is Cc1noc(C)c1CCC(=O)N1CCC(C)C(O)C1. The van der Waals surface area contributed by atoms with Crippen molar-refractivity contribution >= 4 is 5.91 Å². The van der Waals surface area contributed by atoms with Crippen molar-refractivity contribution in [2.24, 2.45) is 5.92 Å². The van der Waals surface area contributed by atoms with Gasteiger partial charge in [0.2, 0.25) is 5.91 Å². The first-order valence-corrected chi connectivity index (χ1v) is 6.86. The number of aliphatic hydroxyl groups excluding tert-OH is 1. The van der Waals surface area contributed by atoms with Crippen molar-refractivity contribution in [1.82, 2.24) is 10.1 Å². The van der Waals surface area contributed by atoms with Gasteiger partial charge in [-0.1, -0.05) is 12.1 Å². The maximum Gasteiger partial charge on any atom is 0.222 e. The van der Waals surface area contributed by atoms with E-state index in [-0.39, 0.29) is 11.8 Å². The van der Waals surface area contributed by atoms with E-state index in [4.69, 9.17) is 4.52 Å². The monoisotopic (exact) mass is 266 g/mol. The van der Waals surface area contributed by atoms with E-state index in [2.05, 4.69) is 5.16 Å². The number of β-amino-alcohol motifs (C(OH)–C–C–N with tert-alkyl or cyclic N) is 1. The molecule has 1 fully saturated rings. The lowest BCUT2D eigenvalue weighted by molar-refractivity contribution is -0.135. The first kappa shape index (κ1) is 14.1. The van der Waals surface area contributed by atoms with Gasteiger partial charge in [0, 0.05) is 25.1 Å². The summed E-state index contributed by atoms with van der Waals surface area (Å²) in [6, 6.07) is 0. The predicted octanol–water partition coefficient (Wildman–Crippen LogP) is 1.45. The summed E-state index contributed by atoms with van der Waals surface area (Å²) in [6.07, 6.45) is 1.58. The quantitative estimate of drug-likeness (QED) is 0.899. The van der Waals surface area contributed by atoms with Crippen LogP contribution < -0.4 is 0 Å². The largest absolute Gasteiger partial charge is 0.391 e. The predicted molar refractivity (Wildman–Crippen MR) is 70.7 cm³/mol. The zero-order chi connectivity index (χ0) is 14.0. The molecule has 2 unspecified atom stereocenters. The Kier molecular flexibility index (Phi) is 4.24. The summed E-state index contributed by atoms with van der Waals surface area (Å²) >= 11 is 0. The van der Waals surface area contributed by atoms with Crippen LogP contribution in [0.2, 0.25) is 0 Å². The van der Waals surface area contributed by atoms with Crippen LogP contribution in [0.4, 0.5) is 0 Å². The van der Waals surface area contributed by atoms with Crippen LogP contribution in [0.25, 0.3) is 0 Å². The summed E-state index contributed by atoms with van der Waals surface area (Å²) in [6.45, 7) is 6.99. The molecular weight excluding hydrogens is 244 g/mol. The van der Waals surface area contributed by atoms with Gasteiger partial charge in [-0.25, -0.2) is 0 Å². The molecule has 106 valence electrons. The van der Waals surface area contributed by atoms with Gasteiger partial charge in [0.1, 0.15) is 5.76 Å². The zero-order valence-electron chi connectivity index (χ0n) is 11.8. The van der Waals surface area contributed by atoms with Crippen molar-refractivity contribution in [3.8, 4) is 0 Å². The molecule has 1 aromatic rings. The maximum absolute atomic E-state index is 12.1. The molecule has 5 nitrogen and oxygen atoms in total. The van der Waals surface area contributed by atoms with E-state index in [1.54, 1.807) is 4.90 Å². The highest BCUT2D eigenvalue weighted by atomic mass is 16.5. The minimum atomic E-state index is -0.392. The molecule has 5 heteroatoms. The van der Waals surface area contributed by atoms with Gasteiger partial charge in [-0.15, -0.1) is 0 Å². The number of piperidine rings is 1. The van der Waals surface area contributed by atoms with Crippen LogP contribution in [0.15, 0.2) is 4.52 Å². The van der Waals surface area contributed by atoms with Crippen LogP contribution in [0.3, 0.4) is 0 Å². The Bertz CT molecular complexity index is 436. The minimum absolute atomic E-state index is 0.103. The van der Waals surface area contributed by atoms with Crippen molar-refractivity contribution in [2.75, 3.05) is 13.1 Å². The van der Waals surface area contributed by atoms with E-state index < -0.39 is 6.10 Å². The Balaban J connectivity index is 1.88. The highest BCUT2D eigenvalue weighted by Crippen LogP contribution is 2.19. The zero-order valence-corrected chi connectivity index (χ0v) is 11.8. The number of nitrogens with zero attached hydrogens (tertiary/aromatic N) is 2. The molecule has 19 heavy (non-hydrogen) atoms. The average molecular weight is 266 g/mol. The number of carbonyl (C=O) groups is 1. The van der Waals surface area contributed by atoms with Crippen molar-refractivity contribution in [3.05, 3.63) is 17.0 Å². The molecule has 0 aliphatic carbocycles. The van der Waals surface area contributed by atoms with Crippen LogP contribution >= 0.6 is 0 Å². The molecule has 0 bridgehead atoms. The van der Waals surface area contributed by atoms with E-state index in [9.17, 15) is 9.90 Å². The van der Waals surface area contributed by atoms with E-state index in [0.29, 0.717) is 19.4 Å². The third kappa shape index (κ3) is 3.15. The minimum Gasteiger partial charge on any atom is -0.391 e. The number of carbonyl (C=O) groups excluding carboxylic acids is 1. The second kappa shape index (κ2) is 5.74. The fourth-order valence-electron chi connectivity index (χ4n) is 2.52. The van der Waals surface area contributed by atoms with Gasteiger partial charge in [-0.3, -0.25) is 4.79 Å². The summed E-state index contributed by atoms with van der Waals surface area (Å²) < 4.78 is 5.09. The van der Waals surface area contributed by atoms with Crippen molar-refractivity contribution in [1.29, 1.82) is 0 Å². The molecule has 1 N–H and O–H groups in total. The third-order valence-electron chi connectivity index (χ3n) is 4.04. The van der Waals surface area contributed by atoms with Gasteiger partial charge >= 0.3 is 0 Å². The lowest BCUT2D eigenvalue weighted by atomic mass is 9.95. The van der Waals surface area contributed by atoms with Crippen molar-refractivity contribution in [2.45, 2.75) is 46.1 Å². The molecule has 0 saturated carbocycles. The van der Waals surface area contributed by atoms with Gasteiger partial charge < -0.3 is 14.5 Å². The Morgan fingerprint density at radius 3 is 2.84 bits per heavy atom. The number of aliphatic hydroxyl groups is 1. The van der Waals surface area contributed by atoms with Crippen LogP contribution in [-0.4, -0.2) is 40.3 Å². The molecule has 2 heterocycles. The van der Waals surface area contributed by atoms with Crippen molar-refractivity contribution < 1.29 is 14.4 Å². The molecule has 0 radical (unpaired) electrons. The fraction of sp³-hybridized carbons (Fsp3) is 0.714. The van der Waals surface area contributed by atoms with E-state index in [0.717, 1.165) is 30.0 Å². The van der Waals surface area contributed by atoms with Crippen LogP contribution in [-0.2, 0) is 11.2 Å². The van der Waals surface area contributed by atoms with Crippen molar-refractivity contribution in [3.63, 3.8) is 0 Å². The number of likely N-dealkylation sites (tertiary alicyclic amines) is 1. The van der Waals surface area contributed by atoms with Gasteiger partial charge in [0.15, 0.2) is 0 Å². The number of hydrogen-bond acceptors (Lipinski definition) is 4. The number of amides is 1. The third-order valence-corrected chi connectivity index (χ3v) is 4.04. The Morgan fingerprint density at radius 2 is 2.26 bits per heavy atom. The molecule has 0 spiro atoms. The van der Waals surface area contributed by atoms with Gasteiger partial charge in [0.25, 0.3) is 0 Å². The first-order chi connectivity index (χ1) is 8.99. The molecule has 1 amide bonds.